The van der Waals surface area contributed by atoms with Crippen molar-refractivity contribution in [3.8, 4) is 0 Å². The Balaban J connectivity index is 2.05. The predicted molar refractivity (Wildman–Crippen MR) is 87.2 cm³/mol. The van der Waals surface area contributed by atoms with Gasteiger partial charge in [-0.25, -0.2) is 0 Å². The largest absolute Gasteiger partial charge is 0.481 e. The van der Waals surface area contributed by atoms with Gasteiger partial charge in [0.15, 0.2) is 0 Å². The van der Waals surface area contributed by atoms with Gasteiger partial charge >= 0.3 is 5.97 Å². The summed E-state index contributed by atoms with van der Waals surface area (Å²) in [6, 6.07) is 9.65. The van der Waals surface area contributed by atoms with Crippen LogP contribution in [0.2, 0.25) is 0 Å². The highest BCUT2D eigenvalue weighted by Gasteiger charge is 2.40. The molecule has 1 amide bonds. The molecule has 2 N–H and O–H groups in total. The fourth-order valence-corrected chi connectivity index (χ4v) is 3.03. The molecule has 0 aromatic heterocycles. The minimum Gasteiger partial charge on any atom is -0.481 e. The molecule has 0 spiro atoms. The standard InChI is InChI=1S/C18H25NO4/c1-2-6-15(14-7-4-3-5-8-14)16(20)19-13-18(17(21)22)9-11-23-12-10-18/h3-5,7-8,15H,2,6,9-13H2,1H3,(H,19,20)(H,21,22). The van der Waals surface area contributed by atoms with Crippen LogP contribution in [0.4, 0.5) is 0 Å². The van der Waals surface area contributed by atoms with Crippen LogP contribution in [0.3, 0.4) is 0 Å². The number of carboxylic acid groups (broad SMARTS) is 1. The first-order valence-electron chi connectivity index (χ1n) is 8.23. The molecule has 1 aromatic rings. The Morgan fingerprint density at radius 3 is 2.48 bits per heavy atom. The van der Waals surface area contributed by atoms with E-state index in [0.29, 0.717) is 26.1 Å². The smallest absolute Gasteiger partial charge is 0.311 e. The lowest BCUT2D eigenvalue weighted by atomic mass is 9.80. The third kappa shape index (κ3) is 4.32. The van der Waals surface area contributed by atoms with Gasteiger partial charge in [0.2, 0.25) is 5.91 Å². The normalized spacial score (nSPS) is 18.1. The van der Waals surface area contributed by atoms with Gasteiger partial charge in [0.05, 0.1) is 11.3 Å². The number of nitrogens with one attached hydrogen (secondary N) is 1. The molecule has 1 unspecified atom stereocenters. The number of carbonyl (C=O) groups is 2. The number of rotatable bonds is 7. The second kappa shape index (κ2) is 8.11. The maximum absolute atomic E-state index is 12.6. The van der Waals surface area contributed by atoms with E-state index in [1.165, 1.54) is 0 Å². The van der Waals surface area contributed by atoms with Crippen molar-refractivity contribution < 1.29 is 19.4 Å². The van der Waals surface area contributed by atoms with Crippen LogP contribution in [0.5, 0.6) is 0 Å². The van der Waals surface area contributed by atoms with Crippen molar-refractivity contribution in [2.75, 3.05) is 19.8 Å². The average molecular weight is 319 g/mol. The zero-order chi connectivity index (χ0) is 16.7. The van der Waals surface area contributed by atoms with Gasteiger partial charge in [-0.05, 0) is 24.8 Å². The quantitative estimate of drug-likeness (QED) is 0.810. The molecule has 5 heteroatoms. The molecule has 1 aromatic carbocycles. The molecule has 1 fully saturated rings. The SMILES string of the molecule is CCCC(C(=O)NCC1(C(=O)O)CCOCC1)c1ccccc1. The van der Waals surface area contributed by atoms with Crippen LogP contribution in [0, 0.1) is 5.41 Å². The fourth-order valence-electron chi connectivity index (χ4n) is 3.03. The van der Waals surface area contributed by atoms with E-state index in [-0.39, 0.29) is 18.4 Å². The monoisotopic (exact) mass is 319 g/mol. The lowest BCUT2D eigenvalue weighted by molar-refractivity contribution is -0.154. The van der Waals surface area contributed by atoms with Crippen LogP contribution >= 0.6 is 0 Å². The van der Waals surface area contributed by atoms with E-state index < -0.39 is 11.4 Å². The third-order valence-corrected chi connectivity index (χ3v) is 4.60. The maximum atomic E-state index is 12.6. The van der Waals surface area contributed by atoms with Crippen LogP contribution < -0.4 is 5.32 Å². The van der Waals surface area contributed by atoms with Crippen molar-refractivity contribution in [1.29, 1.82) is 0 Å². The molecule has 1 heterocycles. The predicted octanol–water partition coefficient (Wildman–Crippen LogP) is 2.57. The summed E-state index contributed by atoms with van der Waals surface area (Å²) in [5, 5.41) is 12.4. The van der Waals surface area contributed by atoms with Gasteiger partial charge in [-0.1, -0.05) is 43.7 Å². The Hall–Kier alpha value is -1.88. The highest BCUT2D eigenvalue weighted by atomic mass is 16.5. The first kappa shape index (κ1) is 17.5. The molecule has 126 valence electrons. The van der Waals surface area contributed by atoms with Gasteiger partial charge in [0, 0.05) is 19.8 Å². The lowest BCUT2D eigenvalue weighted by Gasteiger charge is -2.33. The van der Waals surface area contributed by atoms with Gasteiger partial charge in [-0.2, -0.15) is 0 Å². The summed E-state index contributed by atoms with van der Waals surface area (Å²) in [6.07, 6.45) is 2.52. The molecule has 0 aliphatic carbocycles. The summed E-state index contributed by atoms with van der Waals surface area (Å²) >= 11 is 0. The Morgan fingerprint density at radius 1 is 1.26 bits per heavy atom. The first-order chi connectivity index (χ1) is 11.1. The molecule has 23 heavy (non-hydrogen) atoms. The number of carboxylic acids is 1. The summed E-state index contributed by atoms with van der Waals surface area (Å²) in [5.74, 6) is -1.18. The summed E-state index contributed by atoms with van der Waals surface area (Å²) < 4.78 is 5.26. The molecule has 1 atom stereocenters. The Kier molecular flexibility index (Phi) is 6.16. The van der Waals surface area contributed by atoms with Crippen LogP contribution in [-0.4, -0.2) is 36.7 Å². The Labute approximate surface area is 137 Å². The van der Waals surface area contributed by atoms with Crippen molar-refractivity contribution in [3.63, 3.8) is 0 Å². The van der Waals surface area contributed by atoms with Gasteiger partial charge in [0.1, 0.15) is 0 Å². The summed E-state index contributed by atoms with van der Waals surface area (Å²) in [4.78, 5) is 24.3. The van der Waals surface area contributed by atoms with Crippen LogP contribution in [0.1, 0.15) is 44.1 Å². The van der Waals surface area contributed by atoms with Crippen molar-refractivity contribution in [3.05, 3.63) is 35.9 Å². The number of benzene rings is 1. The number of ether oxygens (including phenoxy) is 1. The minimum absolute atomic E-state index is 0.0924. The molecular formula is C18H25NO4. The molecule has 0 saturated carbocycles. The molecule has 5 nitrogen and oxygen atoms in total. The number of aliphatic carboxylic acids is 1. The van der Waals surface area contributed by atoms with E-state index in [2.05, 4.69) is 5.32 Å². The zero-order valence-corrected chi connectivity index (χ0v) is 13.6. The lowest BCUT2D eigenvalue weighted by Crippen LogP contribution is -2.47. The molecule has 1 saturated heterocycles. The van der Waals surface area contributed by atoms with Crippen LogP contribution in [0.15, 0.2) is 30.3 Å². The Morgan fingerprint density at radius 2 is 1.91 bits per heavy atom. The van der Waals surface area contributed by atoms with Crippen LogP contribution in [0.25, 0.3) is 0 Å². The molecule has 2 rings (SSSR count). The van der Waals surface area contributed by atoms with E-state index in [1.54, 1.807) is 0 Å². The zero-order valence-electron chi connectivity index (χ0n) is 13.6. The highest BCUT2D eigenvalue weighted by molar-refractivity contribution is 5.84. The number of carbonyl (C=O) groups excluding carboxylic acids is 1. The molecular weight excluding hydrogens is 294 g/mol. The second-order valence-electron chi connectivity index (χ2n) is 6.17. The fraction of sp³-hybridized carbons (Fsp3) is 0.556. The van der Waals surface area contributed by atoms with Crippen molar-refractivity contribution in [2.45, 2.75) is 38.5 Å². The van der Waals surface area contributed by atoms with Crippen molar-refractivity contribution in [2.24, 2.45) is 5.41 Å². The first-order valence-corrected chi connectivity index (χ1v) is 8.23. The highest BCUT2D eigenvalue weighted by Crippen LogP contribution is 2.30. The number of amides is 1. The van der Waals surface area contributed by atoms with Crippen molar-refractivity contribution in [1.82, 2.24) is 5.32 Å². The van der Waals surface area contributed by atoms with Gasteiger partial charge in [-0.15, -0.1) is 0 Å². The van der Waals surface area contributed by atoms with E-state index >= 15 is 0 Å². The van der Waals surface area contributed by atoms with Gasteiger partial charge in [0.25, 0.3) is 0 Å². The topological polar surface area (TPSA) is 75.6 Å². The summed E-state index contributed by atoms with van der Waals surface area (Å²) in [5.41, 5.74) is 0.0738. The summed E-state index contributed by atoms with van der Waals surface area (Å²) in [6.45, 7) is 3.07. The average Bonchev–Trinajstić information content (AvgIpc) is 2.59. The van der Waals surface area contributed by atoms with Crippen molar-refractivity contribution >= 4 is 11.9 Å². The van der Waals surface area contributed by atoms with E-state index in [1.807, 2.05) is 37.3 Å². The third-order valence-electron chi connectivity index (χ3n) is 4.60. The van der Waals surface area contributed by atoms with E-state index in [4.69, 9.17) is 4.74 Å². The van der Waals surface area contributed by atoms with Gasteiger partial charge in [-0.3, -0.25) is 9.59 Å². The van der Waals surface area contributed by atoms with Crippen LogP contribution in [-0.2, 0) is 14.3 Å². The van der Waals surface area contributed by atoms with E-state index in [9.17, 15) is 14.7 Å². The number of hydrogen-bond acceptors (Lipinski definition) is 3. The molecule has 1 aliphatic rings. The molecule has 0 bridgehead atoms. The van der Waals surface area contributed by atoms with Gasteiger partial charge < -0.3 is 15.2 Å². The second-order valence-corrected chi connectivity index (χ2v) is 6.17. The molecule has 0 radical (unpaired) electrons. The van der Waals surface area contributed by atoms with E-state index in [0.717, 1.165) is 18.4 Å². The molecule has 1 aliphatic heterocycles. The summed E-state index contributed by atoms with van der Waals surface area (Å²) in [7, 11) is 0. The Bertz CT molecular complexity index is 523. The maximum Gasteiger partial charge on any atom is 0.311 e. The minimum atomic E-state index is -0.901. The number of hydrogen-bond donors (Lipinski definition) is 2.